The first kappa shape index (κ1) is 9.05. The molecular formula is C10H19O. The van der Waals surface area contributed by atoms with E-state index >= 15 is 0 Å². The highest BCUT2D eigenvalue weighted by molar-refractivity contribution is 4.78. The number of rotatable bonds is 6. The predicted molar refractivity (Wildman–Crippen MR) is 47.3 cm³/mol. The van der Waals surface area contributed by atoms with Crippen LogP contribution < -0.4 is 0 Å². The molecule has 0 heterocycles. The van der Waals surface area contributed by atoms with Crippen LogP contribution in [0.2, 0.25) is 0 Å². The summed E-state index contributed by atoms with van der Waals surface area (Å²) in [6.45, 7) is 6.93. The van der Waals surface area contributed by atoms with E-state index in [1.807, 2.05) is 0 Å². The van der Waals surface area contributed by atoms with Crippen molar-refractivity contribution >= 4 is 0 Å². The molecule has 0 aromatic heterocycles. The number of ether oxygens (including phenoxy) is 1. The maximum atomic E-state index is 5.64. The third kappa shape index (κ3) is 3.76. The van der Waals surface area contributed by atoms with Crippen LogP contribution in [-0.2, 0) is 4.74 Å². The Hall–Kier alpha value is -0.0400. The molecule has 0 bridgehead atoms. The van der Waals surface area contributed by atoms with Crippen molar-refractivity contribution in [3.05, 3.63) is 6.92 Å². The van der Waals surface area contributed by atoms with Crippen molar-refractivity contribution in [1.29, 1.82) is 0 Å². The number of hydrogen-bond donors (Lipinski definition) is 0. The first-order valence-corrected chi connectivity index (χ1v) is 4.75. The Bertz CT molecular complexity index is 97.0. The topological polar surface area (TPSA) is 9.23 Å². The Morgan fingerprint density at radius 2 is 2.18 bits per heavy atom. The van der Waals surface area contributed by atoms with Crippen molar-refractivity contribution in [2.24, 2.45) is 5.92 Å². The first-order chi connectivity index (χ1) is 5.34. The van der Waals surface area contributed by atoms with Crippen molar-refractivity contribution in [2.45, 2.75) is 45.1 Å². The van der Waals surface area contributed by atoms with Crippen LogP contribution in [0.4, 0.5) is 0 Å². The summed E-state index contributed by atoms with van der Waals surface area (Å²) in [7, 11) is 0. The van der Waals surface area contributed by atoms with Gasteiger partial charge in [0.1, 0.15) is 0 Å². The maximum Gasteiger partial charge on any atom is 0.0575 e. The van der Waals surface area contributed by atoms with E-state index < -0.39 is 0 Å². The standard InChI is InChI=1S/C10H19O/c1-3-4-5-8-11-9(2)10-6-7-10/h9-10H,1,3-8H2,2H3. The Balaban J connectivity index is 1.85. The zero-order valence-electron chi connectivity index (χ0n) is 7.51. The van der Waals surface area contributed by atoms with Gasteiger partial charge in [-0.25, -0.2) is 0 Å². The molecule has 0 aromatic rings. The van der Waals surface area contributed by atoms with Crippen LogP contribution in [0.15, 0.2) is 0 Å². The van der Waals surface area contributed by atoms with Crippen molar-refractivity contribution in [2.75, 3.05) is 6.61 Å². The Kier molecular flexibility index (Phi) is 3.92. The molecule has 1 saturated carbocycles. The molecular weight excluding hydrogens is 136 g/mol. The molecule has 1 aliphatic rings. The summed E-state index contributed by atoms with van der Waals surface area (Å²) in [5.74, 6) is 0.884. The second-order valence-corrected chi connectivity index (χ2v) is 3.47. The Morgan fingerprint density at radius 3 is 2.73 bits per heavy atom. The fourth-order valence-corrected chi connectivity index (χ4v) is 1.25. The second-order valence-electron chi connectivity index (χ2n) is 3.47. The minimum atomic E-state index is 0.514. The lowest BCUT2D eigenvalue weighted by atomic mass is 10.2. The molecule has 0 amide bonds. The fraction of sp³-hybridized carbons (Fsp3) is 0.900. The SMILES string of the molecule is [CH2]CCCCOC(C)C1CC1. The van der Waals surface area contributed by atoms with E-state index in [2.05, 4.69) is 13.8 Å². The van der Waals surface area contributed by atoms with Gasteiger partial charge in [0.15, 0.2) is 0 Å². The van der Waals surface area contributed by atoms with Gasteiger partial charge in [0.25, 0.3) is 0 Å². The Labute approximate surface area is 70.1 Å². The van der Waals surface area contributed by atoms with Gasteiger partial charge in [0, 0.05) is 6.61 Å². The highest BCUT2D eigenvalue weighted by Crippen LogP contribution is 2.33. The summed E-state index contributed by atoms with van der Waals surface area (Å²) < 4.78 is 5.64. The maximum absolute atomic E-state index is 5.64. The van der Waals surface area contributed by atoms with Gasteiger partial charge < -0.3 is 4.74 Å². The molecule has 65 valence electrons. The van der Waals surface area contributed by atoms with Gasteiger partial charge in [-0.15, -0.1) is 0 Å². The summed E-state index contributed by atoms with van der Waals surface area (Å²) in [5.41, 5.74) is 0. The quantitative estimate of drug-likeness (QED) is 0.536. The zero-order valence-corrected chi connectivity index (χ0v) is 7.51. The van der Waals surface area contributed by atoms with Gasteiger partial charge in [-0.1, -0.05) is 19.8 Å². The van der Waals surface area contributed by atoms with Crippen molar-refractivity contribution < 1.29 is 4.74 Å². The van der Waals surface area contributed by atoms with Gasteiger partial charge in [-0.3, -0.25) is 0 Å². The molecule has 1 rings (SSSR count). The summed E-state index contributed by atoms with van der Waals surface area (Å²) in [6.07, 6.45) is 6.71. The Morgan fingerprint density at radius 1 is 1.45 bits per heavy atom. The van der Waals surface area contributed by atoms with Crippen LogP contribution >= 0.6 is 0 Å². The third-order valence-corrected chi connectivity index (χ3v) is 2.31. The molecule has 0 aliphatic heterocycles. The molecule has 1 aliphatic carbocycles. The van der Waals surface area contributed by atoms with Gasteiger partial charge in [0.05, 0.1) is 6.10 Å². The lowest BCUT2D eigenvalue weighted by Gasteiger charge is -2.10. The van der Waals surface area contributed by atoms with Crippen molar-refractivity contribution in [3.63, 3.8) is 0 Å². The summed E-state index contributed by atoms with van der Waals surface area (Å²) in [5, 5.41) is 0. The molecule has 1 radical (unpaired) electrons. The smallest absolute Gasteiger partial charge is 0.0575 e. The van der Waals surface area contributed by atoms with Gasteiger partial charge >= 0.3 is 0 Å². The summed E-state index contributed by atoms with van der Waals surface area (Å²) >= 11 is 0. The van der Waals surface area contributed by atoms with E-state index in [0.717, 1.165) is 18.9 Å². The predicted octanol–water partition coefficient (Wildman–Crippen LogP) is 2.81. The van der Waals surface area contributed by atoms with Gasteiger partial charge in [0.2, 0.25) is 0 Å². The molecule has 0 spiro atoms. The molecule has 1 atom stereocenters. The highest BCUT2D eigenvalue weighted by Gasteiger charge is 2.28. The monoisotopic (exact) mass is 155 g/mol. The molecule has 1 fully saturated rings. The molecule has 11 heavy (non-hydrogen) atoms. The van der Waals surface area contributed by atoms with Crippen LogP contribution in [0.25, 0.3) is 0 Å². The van der Waals surface area contributed by atoms with E-state index in [1.165, 1.54) is 25.7 Å². The lowest BCUT2D eigenvalue weighted by Crippen LogP contribution is -2.11. The van der Waals surface area contributed by atoms with E-state index in [0.29, 0.717) is 6.10 Å². The van der Waals surface area contributed by atoms with Crippen LogP contribution in [-0.4, -0.2) is 12.7 Å². The molecule has 1 nitrogen and oxygen atoms in total. The minimum Gasteiger partial charge on any atom is -0.378 e. The third-order valence-electron chi connectivity index (χ3n) is 2.31. The van der Waals surface area contributed by atoms with Crippen molar-refractivity contribution in [3.8, 4) is 0 Å². The molecule has 0 saturated heterocycles. The fourth-order valence-electron chi connectivity index (χ4n) is 1.25. The molecule has 1 unspecified atom stereocenters. The average Bonchev–Trinajstić information content (AvgIpc) is 2.79. The molecule has 1 heteroatoms. The first-order valence-electron chi connectivity index (χ1n) is 4.75. The normalized spacial score (nSPS) is 20.2. The zero-order chi connectivity index (χ0) is 8.10. The van der Waals surface area contributed by atoms with E-state index in [4.69, 9.17) is 4.74 Å². The van der Waals surface area contributed by atoms with E-state index in [9.17, 15) is 0 Å². The number of hydrogen-bond acceptors (Lipinski definition) is 1. The van der Waals surface area contributed by atoms with Crippen LogP contribution in [0.5, 0.6) is 0 Å². The van der Waals surface area contributed by atoms with Gasteiger partial charge in [-0.05, 0) is 32.1 Å². The van der Waals surface area contributed by atoms with Crippen molar-refractivity contribution in [1.82, 2.24) is 0 Å². The summed E-state index contributed by atoms with van der Waals surface area (Å²) in [6, 6.07) is 0. The second kappa shape index (κ2) is 4.76. The van der Waals surface area contributed by atoms with E-state index in [1.54, 1.807) is 0 Å². The molecule has 0 aromatic carbocycles. The lowest BCUT2D eigenvalue weighted by molar-refractivity contribution is 0.0490. The molecule has 0 N–H and O–H groups in total. The van der Waals surface area contributed by atoms with Crippen LogP contribution in [0, 0.1) is 12.8 Å². The summed E-state index contributed by atoms with van der Waals surface area (Å²) in [4.78, 5) is 0. The number of unbranched alkanes of at least 4 members (excludes halogenated alkanes) is 2. The highest BCUT2D eigenvalue weighted by atomic mass is 16.5. The van der Waals surface area contributed by atoms with E-state index in [-0.39, 0.29) is 0 Å². The van der Waals surface area contributed by atoms with Gasteiger partial charge in [-0.2, -0.15) is 0 Å². The van der Waals surface area contributed by atoms with Crippen LogP contribution in [0.1, 0.15) is 39.0 Å². The average molecular weight is 155 g/mol. The van der Waals surface area contributed by atoms with Crippen LogP contribution in [0.3, 0.4) is 0 Å². The largest absolute Gasteiger partial charge is 0.378 e. The minimum absolute atomic E-state index is 0.514.